The highest BCUT2D eigenvalue weighted by Gasteiger charge is 2.21. The third kappa shape index (κ3) is 3.36. The molecule has 4 nitrogen and oxygen atoms in total. The maximum Gasteiger partial charge on any atom is 0.325 e. The van der Waals surface area contributed by atoms with Crippen LogP contribution in [0.2, 0.25) is 0 Å². The molecule has 0 spiro atoms. The fourth-order valence-corrected chi connectivity index (χ4v) is 2.00. The molecule has 1 atom stereocenters. The molecule has 0 saturated heterocycles. The lowest BCUT2D eigenvalue weighted by atomic mass is 10.1. The molecule has 1 N–H and O–H groups in total. The summed E-state index contributed by atoms with van der Waals surface area (Å²) in [6.45, 7) is 0. The number of likely N-dealkylation sites (N-methyl/N-ethyl adjacent to an activating group) is 1. The molecule has 4 heteroatoms. The van der Waals surface area contributed by atoms with E-state index in [4.69, 9.17) is 4.74 Å². The van der Waals surface area contributed by atoms with Crippen molar-refractivity contribution in [3.05, 3.63) is 60.2 Å². The van der Waals surface area contributed by atoms with E-state index in [2.05, 4.69) is 0 Å². The summed E-state index contributed by atoms with van der Waals surface area (Å²) in [5, 5.41) is 9.23. The van der Waals surface area contributed by atoms with Gasteiger partial charge in [0.15, 0.2) is 0 Å². The molecule has 0 aliphatic heterocycles. The summed E-state index contributed by atoms with van der Waals surface area (Å²) < 4.78 is 5.67. The van der Waals surface area contributed by atoms with Crippen LogP contribution in [-0.4, -0.2) is 30.1 Å². The molecule has 0 radical (unpaired) electrons. The van der Waals surface area contributed by atoms with Crippen molar-refractivity contribution >= 4 is 5.97 Å². The first-order valence-corrected chi connectivity index (χ1v) is 6.30. The van der Waals surface area contributed by atoms with E-state index in [0.29, 0.717) is 5.75 Å². The largest absolute Gasteiger partial charge is 0.480 e. The normalized spacial score (nSPS) is 12.2. The maximum atomic E-state index is 11.2. The van der Waals surface area contributed by atoms with Crippen LogP contribution in [0.15, 0.2) is 54.6 Å². The molecular formula is C16H17NO3. The molecule has 1 unspecified atom stereocenters. The molecule has 0 saturated carbocycles. The van der Waals surface area contributed by atoms with Crippen LogP contribution in [0.25, 0.3) is 0 Å². The molecule has 0 fully saturated rings. The molecule has 2 rings (SSSR count). The lowest BCUT2D eigenvalue weighted by molar-refractivity contribution is -0.142. The van der Waals surface area contributed by atoms with Crippen LogP contribution in [0.3, 0.4) is 0 Å². The molecular weight excluding hydrogens is 254 g/mol. The molecule has 104 valence electrons. The van der Waals surface area contributed by atoms with Crippen molar-refractivity contribution in [2.24, 2.45) is 0 Å². The lowest BCUT2D eigenvalue weighted by Gasteiger charge is -2.20. The highest BCUT2D eigenvalue weighted by molar-refractivity contribution is 5.75. The Morgan fingerprint density at radius 3 is 2.05 bits per heavy atom. The standard InChI is InChI=1S/C16H17NO3/c1-17(2)15(16(18)19)12-8-10-14(11-9-12)20-13-6-4-3-5-7-13/h3-11,15H,1-2H3,(H,18,19). The van der Waals surface area contributed by atoms with Crippen LogP contribution in [0.4, 0.5) is 0 Å². The number of carboxylic acids is 1. The summed E-state index contributed by atoms with van der Waals surface area (Å²) in [4.78, 5) is 12.9. The number of hydrogen-bond donors (Lipinski definition) is 1. The summed E-state index contributed by atoms with van der Waals surface area (Å²) in [5.41, 5.74) is 0.725. The minimum absolute atomic E-state index is 0.652. The maximum absolute atomic E-state index is 11.2. The molecule has 0 bridgehead atoms. The van der Waals surface area contributed by atoms with Gasteiger partial charge in [-0.15, -0.1) is 0 Å². The number of ether oxygens (including phenoxy) is 1. The van der Waals surface area contributed by atoms with Crippen LogP contribution < -0.4 is 4.74 Å². The SMILES string of the molecule is CN(C)C(C(=O)O)c1ccc(Oc2ccccc2)cc1. The number of carboxylic acid groups (broad SMARTS) is 1. The van der Waals surface area contributed by atoms with Crippen molar-refractivity contribution in [1.29, 1.82) is 0 Å². The smallest absolute Gasteiger partial charge is 0.325 e. The van der Waals surface area contributed by atoms with Crippen molar-refractivity contribution in [3.8, 4) is 11.5 Å². The zero-order valence-corrected chi connectivity index (χ0v) is 11.5. The zero-order valence-electron chi connectivity index (χ0n) is 11.5. The first-order chi connectivity index (χ1) is 9.58. The van der Waals surface area contributed by atoms with Crippen LogP contribution >= 0.6 is 0 Å². The quantitative estimate of drug-likeness (QED) is 0.907. The van der Waals surface area contributed by atoms with Gasteiger partial charge >= 0.3 is 5.97 Å². The summed E-state index contributed by atoms with van der Waals surface area (Å²) in [5.74, 6) is 0.567. The Labute approximate surface area is 118 Å². The number of carbonyl (C=O) groups is 1. The van der Waals surface area contributed by atoms with E-state index in [1.807, 2.05) is 30.3 Å². The second-order valence-corrected chi connectivity index (χ2v) is 4.69. The second-order valence-electron chi connectivity index (χ2n) is 4.69. The van der Waals surface area contributed by atoms with Gasteiger partial charge in [0.1, 0.15) is 17.5 Å². The fourth-order valence-electron chi connectivity index (χ4n) is 2.00. The fraction of sp³-hybridized carbons (Fsp3) is 0.188. The van der Waals surface area contributed by atoms with E-state index in [0.717, 1.165) is 11.3 Å². The molecule has 0 aliphatic rings. The third-order valence-corrected chi connectivity index (χ3v) is 2.93. The monoisotopic (exact) mass is 271 g/mol. The minimum atomic E-state index is -0.869. The van der Waals surface area contributed by atoms with E-state index in [9.17, 15) is 9.90 Å². The van der Waals surface area contributed by atoms with Gasteiger partial charge in [-0.1, -0.05) is 30.3 Å². The van der Waals surface area contributed by atoms with E-state index in [-0.39, 0.29) is 0 Å². The predicted octanol–water partition coefficient (Wildman–Crippen LogP) is 3.17. The summed E-state index contributed by atoms with van der Waals surface area (Å²) in [6, 6.07) is 15.9. The van der Waals surface area contributed by atoms with Gasteiger partial charge in [-0.3, -0.25) is 9.69 Å². The van der Waals surface area contributed by atoms with Crippen LogP contribution in [0.1, 0.15) is 11.6 Å². The van der Waals surface area contributed by atoms with Crippen molar-refractivity contribution in [3.63, 3.8) is 0 Å². The highest BCUT2D eigenvalue weighted by Crippen LogP contribution is 2.25. The van der Waals surface area contributed by atoms with Crippen molar-refractivity contribution in [1.82, 2.24) is 4.90 Å². The van der Waals surface area contributed by atoms with Gasteiger partial charge in [-0.2, -0.15) is 0 Å². The van der Waals surface area contributed by atoms with Gasteiger partial charge in [-0.25, -0.2) is 0 Å². The van der Waals surface area contributed by atoms with Crippen LogP contribution in [-0.2, 0) is 4.79 Å². The summed E-state index contributed by atoms with van der Waals surface area (Å²) >= 11 is 0. The average molecular weight is 271 g/mol. The Bertz CT molecular complexity index is 564. The predicted molar refractivity (Wildman–Crippen MR) is 77.0 cm³/mol. The summed E-state index contributed by atoms with van der Waals surface area (Å²) in [6.07, 6.45) is 0. The number of hydrogen-bond acceptors (Lipinski definition) is 3. The van der Waals surface area contributed by atoms with E-state index in [1.54, 1.807) is 43.3 Å². The molecule has 0 aliphatic carbocycles. The number of rotatable bonds is 5. The van der Waals surface area contributed by atoms with Gasteiger partial charge in [0.25, 0.3) is 0 Å². The van der Waals surface area contributed by atoms with Gasteiger partial charge in [-0.05, 0) is 43.9 Å². The van der Waals surface area contributed by atoms with Crippen LogP contribution in [0, 0.1) is 0 Å². The number of aliphatic carboxylic acids is 1. The average Bonchev–Trinajstić information content (AvgIpc) is 2.41. The van der Waals surface area contributed by atoms with Gasteiger partial charge in [0, 0.05) is 0 Å². The Hall–Kier alpha value is -2.33. The molecule has 2 aromatic rings. The van der Waals surface area contributed by atoms with E-state index < -0.39 is 12.0 Å². The zero-order chi connectivity index (χ0) is 14.5. The Morgan fingerprint density at radius 1 is 1.00 bits per heavy atom. The Morgan fingerprint density at radius 2 is 1.55 bits per heavy atom. The van der Waals surface area contributed by atoms with Gasteiger partial charge < -0.3 is 9.84 Å². The van der Waals surface area contributed by atoms with Gasteiger partial charge in [0.2, 0.25) is 0 Å². The summed E-state index contributed by atoms with van der Waals surface area (Å²) in [7, 11) is 3.49. The topological polar surface area (TPSA) is 49.8 Å². The number of nitrogens with zero attached hydrogens (tertiary/aromatic N) is 1. The van der Waals surface area contributed by atoms with Crippen molar-refractivity contribution < 1.29 is 14.6 Å². The van der Waals surface area contributed by atoms with Crippen molar-refractivity contribution in [2.45, 2.75) is 6.04 Å². The van der Waals surface area contributed by atoms with E-state index in [1.165, 1.54) is 0 Å². The van der Waals surface area contributed by atoms with Crippen molar-refractivity contribution in [2.75, 3.05) is 14.1 Å². The number of benzene rings is 2. The lowest BCUT2D eigenvalue weighted by Crippen LogP contribution is -2.27. The third-order valence-electron chi connectivity index (χ3n) is 2.93. The Kier molecular flexibility index (Phi) is 4.38. The second kappa shape index (κ2) is 6.21. The highest BCUT2D eigenvalue weighted by atomic mass is 16.5. The molecule has 0 amide bonds. The molecule has 20 heavy (non-hydrogen) atoms. The van der Waals surface area contributed by atoms with Gasteiger partial charge in [0.05, 0.1) is 0 Å². The Balaban J connectivity index is 2.15. The molecule has 0 heterocycles. The van der Waals surface area contributed by atoms with Crippen LogP contribution in [0.5, 0.6) is 11.5 Å². The molecule has 0 aromatic heterocycles. The molecule has 2 aromatic carbocycles. The number of para-hydroxylation sites is 1. The first-order valence-electron chi connectivity index (χ1n) is 6.30. The van der Waals surface area contributed by atoms with E-state index >= 15 is 0 Å². The minimum Gasteiger partial charge on any atom is -0.480 e. The first kappa shape index (κ1) is 14.1.